The van der Waals surface area contributed by atoms with Crippen molar-refractivity contribution in [1.29, 1.82) is 0 Å². The van der Waals surface area contributed by atoms with Gasteiger partial charge in [0.2, 0.25) is 5.79 Å². The summed E-state index contributed by atoms with van der Waals surface area (Å²) < 4.78 is 15.4. The summed E-state index contributed by atoms with van der Waals surface area (Å²) in [5.41, 5.74) is 0. The van der Waals surface area contributed by atoms with Crippen LogP contribution in [0.3, 0.4) is 0 Å². The van der Waals surface area contributed by atoms with Crippen LogP contribution in [-0.2, 0) is 14.2 Å². The third-order valence-corrected chi connectivity index (χ3v) is 4.62. The van der Waals surface area contributed by atoms with Crippen molar-refractivity contribution in [1.82, 2.24) is 0 Å². The van der Waals surface area contributed by atoms with E-state index in [1.54, 1.807) is 0 Å². The van der Waals surface area contributed by atoms with E-state index < -0.39 is 73.6 Å². The highest BCUT2D eigenvalue weighted by Crippen LogP contribution is 2.38. The minimum atomic E-state index is -2.51. The Hall–Kier alpha value is -0.150. The molecule has 0 aromatic rings. The van der Waals surface area contributed by atoms with E-state index in [1.165, 1.54) is 0 Å². The minimum Gasteiger partial charge on any atom is -0.394 e. The molecule has 0 bridgehead atoms. The van der Waals surface area contributed by atoms with Crippen LogP contribution in [0.5, 0.6) is 0 Å². The van der Waals surface area contributed by atoms with Crippen molar-refractivity contribution in [3.8, 4) is 0 Å². The number of halogens is 1. The van der Waals surface area contributed by atoms with Gasteiger partial charge in [-0.1, -0.05) is 11.6 Å². The summed E-state index contributed by atoms with van der Waals surface area (Å²) in [4.78, 5) is 0. The van der Waals surface area contributed by atoms with Crippen molar-refractivity contribution < 1.29 is 55.1 Å². The van der Waals surface area contributed by atoms with Gasteiger partial charge < -0.3 is 55.1 Å². The van der Waals surface area contributed by atoms with E-state index in [1.807, 2.05) is 0 Å². The Kier molecular flexibility index (Phi) is 6.07. The first-order valence-electron chi connectivity index (χ1n) is 7.11. The van der Waals surface area contributed by atoms with E-state index in [2.05, 4.69) is 0 Å². The zero-order valence-corrected chi connectivity index (χ0v) is 13.1. The summed E-state index contributed by atoms with van der Waals surface area (Å²) in [5.74, 6) is -2.28. The molecule has 0 saturated carbocycles. The van der Waals surface area contributed by atoms with Gasteiger partial charge in [0.1, 0.15) is 43.2 Å². The highest BCUT2D eigenvalue weighted by Gasteiger charge is 2.60. The maximum atomic E-state index is 10.0. The van der Waals surface area contributed by atoms with Crippen LogP contribution in [0.4, 0.5) is 0 Å². The van der Waals surface area contributed by atoms with Crippen LogP contribution in [-0.4, -0.2) is 114 Å². The summed E-state index contributed by atoms with van der Waals surface area (Å²) in [5, 5.41) is 74.8. The van der Waals surface area contributed by atoms with Crippen molar-refractivity contribution in [3.63, 3.8) is 0 Å². The van der Waals surface area contributed by atoms with Crippen LogP contribution in [0.1, 0.15) is 0 Å². The SMILES string of the molecule is OC[C@H]1OC(CO)(O[C@H]2O[C@H](CO)[C@](O)(Cl)[C@H](O)[C@H]2O)[C@@H](O)[C@@H]1O. The molecular formula is C12H21ClO11. The predicted octanol–water partition coefficient (Wildman–Crippen LogP) is -4.83. The Morgan fingerprint density at radius 1 is 0.958 bits per heavy atom. The van der Waals surface area contributed by atoms with Crippen molar-refractivity contribution in [3.05, 3.63) is 0 Å². The maximum Gasteiger partial charge on any atom is 0.224 e. The molecule has 1 unspecified atom stereocenters. The molecule has 2 rings (SSSR count). The predicted molar refractivity (Wildman–Crippen MR) is 73.4 cm³/mol. The monoisotopic (exact) mass is 376 g/mol. The fourth-order valence-electron chi connectivity index (χ4n) is 2.65. The second-order valence-electron chi connectivity index (χ2n) is 5.70. The number of hydrogen-bond donors (Lipinski definition) is 8. The van der Waals surface area contributed by atoms with Gasteiger partial charge in [-0.25, -0.2) is 0 Å². The first-order chi connectivity index (χ1) is 11.1. The fourth-order valence-corrected chi connectivity index (χ4v) is 2.90. The molecular weight excluding hydrogens is 356 g/mol. The third-order valence-electron chi connectivity index (χ3n) is 4.15. The summed E-state index contributed by atoms with van der Waals surface area (Å²) >= 11 is 5.63. The number of aliphatic hydroxyl groups excluding tert-OH is 7. The molecule has 0 amide bonds. The van der Waals surface area contributed by atoms with Gasteiger partial charge in [-0.15, -0.1) is 0 Å². The van der Waals surface area contributed by atoms with Gasteiger partial charge in [0, 0.05) is 0 Å². The van der Waals surface area contributed by atoms with Crippen LogP contribution in [0.2, 0.25) is 0 Å². The van der Waals surface area contributed by atoms with E-state index in [-0.39, 0.29) is 0 Å². The van der Waals surface area contributed by atoms with Crippen LogP contribution in [0.15, 0.2) is 0 Å². The topological polar surface area (TPSA) is 190 Å². The zero-order chi connectivity index (χ0) is 18.3. The van der Waals surface area contributed by atoms with Crippen molar-refractivity contribution in [2.45, 2.75) is 53.8 Å². The van der Waals surface area contributed by atoms with Gasteiger partial charge in [-0.3, -0.25) is 0 Å². The van der Waals surface area contributed by atoms with Crippen molar-refractivity contribution in [2.24, 2.45) is 0 Å². The quantitative estimate of drug-likeness (QED) is 0.215. The molecule has 2 saturated heterocycles. The number of hydrogen-bond acceptors (Lipinski definition) is 11. The van der Waals surface area contributed by atoms with E-state index >= 15 is 0 Å². The Labute approximate surface area is 141 Å². The van der Waals surface area contributed by atoms with Gasteiger partial charge >= 0.3 is 0 Å². The summed E-state index contributed by atoms with van der Waals surface area (Å²) in [7, 11) is 0. The van der Waals surface area contributed by atoms with Gasteiger partial charge in [-0.2, -0.15) is 0 Å². The second-order valence-corrected chi connectivity index (χ2v) is 6.31. The molecule has 24 heavy (non-hydrogen) atoms. The molecule has 0 radical (unpaired) electrons. The lowest BCUT2D eigenvalue weighted by Crippen LogP contribution is -2.66. The molecule has 11 nitrogen and oxygen atoms in total. The van der Waals surface area contributed by atoms with Crippen LogP contribution >= 0.6 is 11.6 Å². The molecule has 2 fully saturated rings. The van der Waals surface area contributed by atoms with E-state index in [0.29, 0.717) is 0 Å². The molecule has 2 aliphatic heterocycles. The summed E-state index contributed by atoms with van der Waals surface area (Å²) in [6.07, 6.45) is -12.0. The largest absolute Gasteiger partial charge is 0.394 e. The maximum absolute atomic E-state index is 10.0. The lowest BCUT2D eigenvalue weighted by molar-refractivity contribution is -0.388. The summed E-state index contributed by atoms with van der Waals surface area (Å²) in [6.45, 7) is -2.54. The minimum absolute atomic E-state index is 0.694. The van der Waals surface area contributed by atoms with Crippen LogP contribution in [0, 0.1) is 0 Å². The Morgan fingerprint density at radius 2 is 1.58 bits per heavy atom. The standard InChI is InChI=1S/C12H21ClO11/c13-12(21)5(2-15)22-10(7(18)9(12)20)24-11(3-16)8(19)6(17)4(1-14)23-11/h4-10,14-21H,1-3H2/t4-,5-,6-,7-,8+,9-,10-,11?,12-/m1/s1. The normalized spacial score (nSPS) is 52.6. The van der Waals surface area contributed by atoms with Crippen LogP contribution in [0.25, 0.3) is 0 Å². The van der Waals surface area contributed by atoms with Gasteiger partial charge in [0.25, 0.3) is 0 Å². The molecule has 142 valence electrons. The Morgan fingerprint density at radius 3 is 2.04 bits per heavy atom. The van der Waals surface area contributed by atoms with Crippen LogP contribution < -0.4 is 0 Å². The molecule has 2 heterocycles. The third kappa shape index (κ3) is 3.16. The smallest absolute Gasteiger partial charge is 0.224 e. The first-order valence-corrected chi connectivity index (χ1v) is 7.49. The van der Waals surface area contributed by atoms with E-state index in [9.17, 15) is 35.7 Å². The lowest BCUT2D eigenvalue weighted by atomic mass is 9.98. The van der Waals surface area contributed by atoms with Gasteiger partial charge in [0.05, 0.1) is 13.2 Å². The highest BCUT2D eigenvalue weighted by atomic mass is 35.5. The average molecular weight is 377 g/mol. The fraction of sp³-hybridized carbons (Fsp3) is 1.00. The molecule has 12 heteroatoms. The molecule has 9 atom stereocenters. The molecule has 0 aromatic heterocycles. The molecule has 8 N–H and O–H groups in total. The molecule has 0 aliphatic carbocycles. The van der Waals surface area contributed by atoms with Crippen molar-refractivity contribution >= 4 is 11.6 Å². The van der Waals surface area contributed by atoms with Crippen molar-refractivity contribution in [2.75, 3.05) is 19.8 Å². The number of alkyl halides is 1. The Balaban J connectivity index is 2.22. The second kappa shape index (κ2) is 7.23. The molecule has 0 spiro atoms. The van der Waals surface area contributed by atoms with E-state index in [0.717, 1.165) is 0 Å². The summed E-state index contributed by atoms with van der Waals surface area (Å²) in [6, 6.07) is 0. The van der Waals surface area contributed by atoms with Gasteiger partial charge in [-0.05, 0) is 0 Å². The van der Waals surface area contributed by atoms with Gasteiger partial charge in [0.15, 0.2) is 11.4 Å². The lowest BCUT2D eigenvalue weighted by Gasteiger charge is -2.46. The molecule has 2 aliphatic rings. The number of aliphatic hydroxyl groups is 8. The molecule has 0 aromatic carbocycles. The number of rotatable bonds is 5. The highest BCUT2D eigenvalue weighted by molar-refractivity contribution is 6.23. The average Bonchev–Trinajstić information content (AvgIpc) is 2.80. The van der Waals surface area contributed by atoms with E-state index in [4.69, 9.17) is 30.9 Å². The first kappa shape index (κ1) is 20.2. The Bertz CT molecular complexity index is 433. The number of ether oxygens (including phenoxy) is 3. The zero-order valence-electron chi connectivity index (χ0n) is 12.3.